The second-order valence-electron chi connectivity index (χ2n) is 3.20. The van der Waals surface area contributed by atoms with Crippen molar-refractivity contribution >= 4 is 10.0 Å². The van der Waals surface area contributed by atoms with Crippen molar-refractivity contribution < 1.29 is 18.4 Å². The lowest BCUT2D eigenvalue weighted by Crippen LogP contribution is -2.31. The fourth-order valence-electron chi connectivity index (χ4n) is 1.05. The molecule has 0 spiro atoms. The Morgan fingerprint density at radius 2 is 2.19 bits per heavy atom. The summed E-state index contributed by atoms with van der Waals surface area (Å²) < 4.78 is 27.2. The monoisotopic (exact) mass is 247 g/mol. The Balaban J connectivity index is 2.74. The summed E-state index contributed by atoms with van der Waals surface area (Å²) in [7, 11) is -2.24. The Morgan fingerprint density at radius 1 is 1.50 bits per heavy atom. The lowest BCUT2D eigenvalue weighted by molar-refractivity contribution is 0.241. The van der Waals surface area contributed by atoms with Crippen LogP contribution in [0.15, 0.2) is 12.4 Å². The smallest absolute Gasteiger partial charge is 0.236 e. The van der Waals surface area contributed by atoms with Crippen molar-refractivity contribution in [3.8, 4) is 5.88 Å². The molecule has 8 heteroatoms. The number of sulfonamides is 1. The van der Waals surface area contributed by atoms with Gasteiger partial charge in [-0.25, -0.2) is 13.4 Å². The highest BCUT2D eigenvalue weighted by Gasteiger charge is 2.20. The van der Waals surface area contributed by atoms with E-state index in [-0.39, 0.29) is 6.42 Å². The average molecular weight is 247 g/mol. The van der Waals surface area contributed by atoms with Crippen LogP contribution in [0.25, 0.3) is 0 Å². The van der Waals surface area contributed by atoms with E-state index < -0.39 is 15.3 Å². The summed E-state index contributed by atoms with van der Waals surface area (Å²) in [5.74, 6) is 0.361. The third kappa shape index (κ3) is 3.12. The second kappa shape index (κ2) is 5.19. The molecule has 1 heterocycles. The molecule has 1 aromatic heterocycles. The van der Waals surface area contributed by atoms with Gasteiger partial charge in [0.15, 0.2) is 0 Å². The van der Waals surface area contributed by atoms with Gasteiger partial charge in [-0.05, 0) is 6.92 Å². The van der Waals surface area contributed by atoms with Gasteiger partial charge >= 0.3 is 0 Å². The van der Waals surface area contributed by atoms with Gasteiger partial charge in [0.25, 0.3) is 0 Å². The summed E-state index contributed by atoms with van der Waals surface area (Å²) in [5.41, 5.74) is 0.507. The average Bonchev–Trinajstić information content (AvgIpc) is 2.30. The quantitative estimate of drug-likeness (QED) is 0.694. The van der Waals surface area contributed by atoms with Crippen molar-refractivity contribution in [3.05, 3.63) is 18.1 Å². The maximum absolute atomic E-state index is 11.2. The van der Waals surface area contributed by atoms with Gasteiger partial charge in [0.05, 0.1) is 30.4 Å². The first-order valence-corrected chi connectivity index (χ1v) is 6.04. The van der Waals surface area contributed by atoms with Crippen LogP contribution < -0.4 is 9.62 Å². The minimum atomic E-state index is -3.71. The molecule has 0 amide bonds. The first-order chi connectivity index (χ1) is 7.49. The summed E-state index contributed by atoms with van der Waals surface area (Å²) in [5, 5.41) is 7.64. The molecule has 0 aliphatic heterocycles. The van der Waals surface area contributed by atoms with Crippen molar-refractivity contribution in [1.82, 2.24) is 14.9 Å². The van der Waals surface area contributed by atoms with Crippen molar-refractivity contribution in [3.63, 3.8) is 0 Å². The van der Waals surface area contributed by atoms with Gasteiger partial charge < -0.3 is 9.94 Å². The van der Waals surface area contributed by atoms with E-state index in [4.69, 9.17) is 9.94 Å². The van der Waals surface area contributed by atoms with Crippen molar-refractivity contribution in [1.29, 1.82) is 0 Å². The fraction of sp³-hybridized carbons (Fsp3) is 0.500. The summed E-state index contributed by atoms with van der Waals surface area (Å²) in [4.78, 5) is 9.15. The van der Waals surface area contributed by atoms with Crippen molar-refractivity contribution in [2.75, 3.05) is 7.11 Å². The van der Waals surface area contributed by atoms with Gasteiger partial charge in [0.1, 0.15) is 0 Å². The van der Waals surface area contributed by atoms with Gasteiger partial charge in [-0.15, -0.1) is 0 Å². The highest BCUT2D eigenvalue weighted by molar-refractivity contribution is 7.89. The molecule has 1 atom stereocenters. The molecule has 0 saturated carbocycles. The maximum Gasteiger partial charge on any atom is 0.236 e. The molecule has 0 bridgehead atoms. The van der Waals surface area contributed by atoms with E-state index >= 15 is 0 Å². The Hall–Kier alpha value is -1.25. The van der Waals surface area contributed by atoms with E-state index in [1.54, 1.807) is 0 Å². The number of nitrogens with zero attached hydrogens (tertiary/aromatic N) is 2. The van der Waals surface area contributed by atoms with E-state index in [0.717, 1.165) is 0 Å². The Morgan fingerprint density at radius 3 is 2.62 bits per heavy atom. The highest BCUT2D eigenvalue weighted by Crippen LogP contribution is 2.08. The molecule has 0 saturated heterocycles. The van der Waals surface area contributed by atoms with Crippen LogP contribution in [0.5, 0.6) is 5.88 Å². The number of nitrogens with one attached hydrogen (secondary N) is 1. The fourth-order valence-corrected chi connectivity index (χ4v) is 1.62. The lowest BCUT2D eigenvalue weighted by Gasteiger charge is -2.10. The summed E-state index contributed by atoms with van der Waals surface area (Å²) in [6.07, 6.45) is 3.00. The maximum atomic E-state index is 11.2. The Bertz CT molecular complexity index is 431. The predicted molar refractivity (Wildman–Crippen MR) is 55.6 cm³/mol. The molecular weight excluding hydrogens is 234 g/mol. The van der Waals surface area contributed by atoms with Crippen LogP contribution in [0, 0.1) is 0 Å². The van der Waals surface area contributed by atoms with Crippen LogP contribution >= 0.6 is 0 Å². The number of hydrogen-bond acceptors (Lipinski definition) is 6. The lowest BCUT2D eigenvalue weighted by atomic mass is 10.2. The van der Waals surface area contributed by atoms with Crippen molar-refractivity contribution in [2.24, 2.45) is 0 Å². The molecule has 1 unspecified atom stereocenters. The zero-order valence-electron chi connectivity index (χ0n) is 8.91. The highest BCUT2D eigenvalue weighted by atomic mass is 32.2. The van der Waals surface area contributed by atoms with Crippen LogP contribution in [-0.2, 0) is 16.4 Å². The number of aromatic nitrogens is 2. The first kappa shape index (κ1) is 12.8. The van der Waals surface area contributed by atoms with Gasteiger partial charge in [-0.3, -0.25) is 4.98 Å². The zero-order chi connectivity index (χ0) is 12.2. The molecule has 7 nitrogen and oxygen atoms in total. The summed E-state index contributed by atoms with van der Waals surface area (Å²) in [6, 6.07) is 0. The zero-order valence-corrected chi connectivity index (χ0v) is 9.73. The van der Waals surface area contributed by atoms with E-state index in [9.17, 15) is 8.42 Å². The summed E-state index contributed by atoms with van der Waals surface area (Å²) in [6.45, 7) is 1.46. The Kier molecular flexibility index (Phi) is 4.16. The SMILES string of the molecule is COc1cnc(CC(C)S(=O)(=O)NO)cn1. The Labute approximate surface area is 93.5 Å². The third-order valence-corrected chi connectivity index (χ3v) is 3.52. The molecular formula is C8H13N3O4S. The van der Waals surface area contributed by atoms with E-state index in [1.165, 1.54) is 31.3 Å². The van der Waals surface area contributed by atoms with Crippen LogP contribution in [0.2, 0.25) is 0 Å². The molecule has 0 aromatic carbocycles. The topological polar surface area (TPSA) is 101 Å². The molecule has 90 valence electrons. The molecule has 16 heavy (non-hydrogen) atoms. The molecule has 0 aliphatic rings. The number of hydrogen-bond donors (Lipinski definition) is 2. The van der Waals surface area contributed by atoms with Crippen LogP contribution in [0.3, 0.4) is 0 Å². The van der Waals surface area contributed by atoms with Crippen LogP contribution in [-0.4, -0.2) is 36.0 Å². The molecule has 0 radical (unpaired) electrons. The number of methoxy groups -OCH3 is 1. The van der Waals surface area contributed by atoms with Crippen LogP contribution in [0.4, 0.5) is 0 Å². The van der Waals surface area contributed by atoms with Gasteiger partial charge in [-0.2, -0.15) is 0 Å². The second-order valence-corrected chi connectivity index (χ2v) is 5.28. The molecule has 1 rings (SSSR count). The first-order valence-electron chi connectivity index (χ1n) is 4.49. The predicted octanol–water partition coefficient (Wildman–Crippen LogP) is -0.275. The minimum Gasteiger partial charge on any atom is -0.480 e. The molecule has 0 aliphatic carbocycles. The normalized spacial score (nSPS) is 13.4. The molecule has 2 N–H and O–H groups in total. The largest absolute Gasteiger partial charge is 0.480 e. The van der Waals surface area contributed by atoms with Crippen molar-refractivity contribution in [2.45, 2.75) is 18.6 Å². The van der Waals surface area contributed by atoms with Gasteiger partial charge in [0.2, 0.25) is 15.9 Å². The minimum absolute atomic E-state index is 0.160. The number of ether oxygens (including phenoxy) is 1. The van der Waals surface area contributed by atoms with E-state index in [0.29, 0.717) is 11.6 Å². The molecule has 0 fully saturated rings. The van der Waals surface area contributed by atoms with Crippen LogP contribution in [0.1, 0.15) is 12.6 Å². The van der Waals surface area contributed by atoms with Gasteiger partial charge in [-0.1, -0.05) is 4.89 Å². The third-order valence-electron chi connectivity index (χ3n) is 2.04. The standard InChI is InChI=1S/C8H13N3O4S/c1-6(16(13,14)11-12)3-7-4-10-8(15-2)5-9-7/h4-6,11-12H,3H2,1-2H3. The summed E-state index contributed by atoms with van der Waals surface area (Å²) >= 11 is 0. The van der Waals surface area contributed by atoms with E-state index in [1.807, 2.05) is 0 Å². The van der Waals surface area contributed by atoms with Gasteiger partial charge in [0, 0.05) is 6.42 Å². The number of rotatable bonds is 5. The molecule has 1 aromatic rings. The van der Waals surface area contributed by atoms with E-state index in [2.05, 4.69) is 9.97 Å².